The van der Waals surface area contributed by atoms with Gasteiger partial charge in [0.05, 0.1) is 16.9 Å². The molecule has 2 atom stereocenters. The van der Waals surface area contributed by atoms with Gasteiger partial charge in [0.1, 0.15) is 11.4 Å². The van der Waals surface area contributed by atoms with Gasteiger partial charge in [-0.1, -0.05) is 24.4 Å². The molecule has 0 radical (unpaired) electrons. The van der Waals surface area contributed by atoms with Crippen molar-refractivity contribution in [2.75, 3.05) is 10.6 Å². The number of carbonyl (C=O) groups is 1. The van der Waals surface area contributed by atoms with Gasteiger partial charge in [0.25, 0.3) is 5.91 Å². The van der Waals surface area contributed by atoms with Crippen LogP contribution in [0.2, 0.25) is 5.02 Å². The third kappa shape index (κ3) is 3.40. The van der Waals surface area contributed by atoms with Crippen LogP contribution >= 0.6 is 22.9 Å². The van der Waals surface area contributed by atoms with Gasteiger partial charge in [0, 0.05) is 29.0 Å². The maximum atomic E-state index is 12.6. The zero-order chi connectivity index (χ0) is 18.1. The predicted molar refractivity (Wildman–Crippen MR) is 104 cm³/mol. The van der Waals surface area contributed by atoms with Crippen LogP contribution in [-0.4, -0.2) is 32.6 Å². The summed E-state index contributed by atoms with van der Waals surface area (Å²) in [5.41, 5.74) is 7.67. The number of nitrogens with one attached hydrogen (secondary N) is 2. The van der Waals surface area contributed by atoms with Crippen LogP contribution in [0.5, 0.6) is 0 Å². The van der Waals surface area contributed by atoms with E-state index in [1.807, 2.05) is 6.07 Å². The summed E-state index contributed by atoms with van der Waals surface area (Å²) in [5, 5.41) is 14.5. The Balaban J connectivity index is 1.58. The van der Waals surface area contributed by atoms with Crippen LogP contribution in [0.4, 0.5) is 11.5 Å². The number of rotatable bonds is 4. The summed E-state index contributed by atoms with van der Waals surface area (Å²) in [4.78, 5) is 17.2. The molecule has 0 bridgehead atoms. The Hall–Kier alpha value is -2.16. The molecular formula is C17H19ClN6OS. The van der Waals surface area contributed by atoms with Gasteiger partial charge in [0.15, 0.2) is 5.65 Å². The number of fused-ring (bicyclic) bond motifs is 1. The average Bonchev–Trinajstić information content (AvgIpc) is 3.23. The summed E-state index contributed by atoms with van der Waals surface area (Å²) >= 11 is 7.47. The van der Waals surface area contributed by atoms with Crippen molar-refractivity contribution in [1.82, 2.24) is 14.6 Å². The number of aromatic nitrogens is 3. The van der Waals surface area contributed by atoms with E-state index in [1.165, 1.54) is 24.0 Å². The smallest absolute Gasteiger partial charge is 0.261 e. The molecule has 4 N–H and O–H groups in total. The largest absolute Gasteiger partial charge is 0.366 e. The van der Waals surface area contributed by atoms with Crippen molar-refractivity contribution in [2.45, 2.75) is 37.8 Å². The molecule has 0 aliphatic heterocycles. The molecule has 0 aromatic carbocycles. The van der Waals surface area contributed by atoms with Crippen LogP contribution in [0, 0.1) is 0 Å². The molecule has 1 amide bonds. The van der Waals surface area contributed by atoms with Crippen molar-refractivity contribution in [3.8, 4) is 0 Å². The molecule has 136 valence electrons. The fraction of sp³-hybridized carbons (Fsp3) is 0.353. The molecule has 3 aromatic rings. The van der Waals surface area contributed by atoms with Crippen LogP contribution in [0.1, 0.15) is 36.0 Å². The molecule has 26 heavy (non-hydrogen) atoms. The Kier molecular flexibility index (Phi) is 4.80. The first-order valence-electron chi connectivity index (χ1n) is 8.51. The molecule has 1 saturated carbocycles. The summed E-state index contributed by atoms with van der Waals surface area (Å²) in [5.74, 6) is 0.405. The molecule has 1 aliphatic carbocycles. The first-order chi connectivity index (χ1) is 12.6. The number of carbonyl (C=O) groups excluding carboxylic acids is 1. The maximum Gasteiger partial charge on any atom is 0.261 e. The number of nitrogens with two attached hydrogens (primary N) is 1. The molecule has 4 rings (SSSR count). The topological polar surface area (TPSA) is 97.3 Å². The number of anilines is 2. The van der Waals surface area contributed by atoms with Crippen molar-refractivity contribution < 1.29 is 4.79 Å². The lowest BCUT2D eigenvalue weighted by molar-refractivity contribution is 0.102. The van der Waals surface area contributed by atoms with Crippen LogP contribution in [0.3, 0.4) is 0 Å². The van der Waals surface area contributed by atoms with Gasteiger partial charge >= 0.3 is 0 Å². The molecule has 0 saturated heterocycles. The van der Waals surface area contributed by atoms with Gasteiger partial charge in [-0.05, 0) is 18.9 Å². The van der Waals surface area contributed by atoms with Crippen LogP contribution in [0.25, 0.3) is 5.65 Å². The van der Waals surface area contributed by atoms with Gasteiger partial charge in [-0.25, -0.2) is 9.50 Å². The van der Waals surface area contributed by atoms with E-state index in [2.05, 4.69) is 20.7 Å². The van der Waals surface area contributed by atoms with Crippen molar-refractivity contribution in [2.24, 2.45) is 5.73 Å². The number of thiophene rings is 1. The lowest BCUT2D eigenvalue weighted by atomic mass is 9.91. The van der Waals surface area contributed by atoms with Crippen molar-refractivity contribution in [3.63, 3.8) is 0 Å². The van der Waals surface area contributed by atoms with Crippen LogP contribution in [-0.2, 0) is 0 Å². The molecule has 0 spiro atoms. The molecule has 9 heteroatoms. The third-order valence-electron chi connectivity index (χ3n) is 4.63. The van der Waals surface area contributed by atoms with Crippen LogP contribution in [0.15, 0.2) is 29.2 Å². The minimum Gasteiger partial charge on any atom is -0.366 e. The number of amides is 1. The molecule has 7 nitrogen and oxygen atoms in total. The van der Waals surface area contributed by atoms with E-state index in [0.717, 1.165) is 19.3 Å². The summed E-state index contributed by atoms with van der Waals surface area (Å²) in [6.07, 6.45) is 7.67. The second-order valence-electron chi connectivity index (χ2n) is 6.43. The zero-order valence-electron chi connectivity index (χ0n) is 14.0. The van der Waals surface area contributed by atoms with E-state index in [4.69, 9.17) is 17.3 Å². The van der Waals surface area contributed by atoms with E-state index in [1.54, 1.807) is 21.5 Å². The van der Waals surface area contributed by atoms with E-state index in [-0.39, 0.29) is 18.0 Å². The van der Waals surface area contributed by atoms with Crippen LogP contribution < -0.4 is 16.4 Å². The van der Waals surface area contributed by atoms with Crippen molar-refractivity contribution in [3.05, 3.63) is 39.8 Å². The highest BCUT2D eigenvalue weighted by molar-refractivity contribution is 7.09. The SMILES string of the molecule is N[C@H]1CCCC[C@H]1Nc1ccn2ncc(C(=O)Nc3cscc3Cl)c2n1. The fourth-order valence-corrected chi connectivity index (χ4v) is 4.16. The van der Waals surface area contributed by atoms with E-state index in [0.29, 0.717) is 27.7 Å². The summed E-state index contributed by atoms with van der Waals surface area (Å²) < 4.78 is 1.58. The highest BCUT2D eigenvalue weighted by Crippen LogP contribution is 2.27. The molecule has 3 heterocycles. The lowest BCUT2D eigenvalue weighted by Gasteiger charge is -2.29. The fourth-order valence-electron chi connectivity index (χ4n) is 3.20. The Labute approximate surface area is 159 Å². The first kappa shape index (κ1) is 17.3. The molecular weight excluding hydrogens is 372 g/mol. The summed E-state index contributed by atoms with van der Waals surface area (Å²) in [6, 6.07) is 2.16. The lowest BCUT2D eigenvalue weighted by Crippen LogP contribution is -2.42. The molecule has 0 unspecified atom stereocenters. The number of nitrogens with zero attached hydrogens (tertiary/aromatic N) is 3. The Morgan fingerprint density at radius 2 is 2.19 bits per heavy atom. The quantitative estimate of drug-likeness (QED) is 0.634. The maximum absolute atomic E-state index is 12.6. The first-order valence-corrected chi connectivity index (χ1v) is 9.83. The zero-order valence-corrected chi connectivity index (χ0v) is 15.6. The standard InChI is InChI=1S/C17H19ClN6OS/c18-11-8-26-9-14(11)22-17(25)10-7-20-24-6-5-15(23-16(10)24)21-13-4-2-1-3-12(13)19/h5-9,12-13H,1-4,19H2,(H,21,23)(H,22,25)/t12-,13+/m0/s1. The van der Waals surface area contributed by atoms with E-state index in [9.17, 15) is 4.79 Å². The minimum atomic E-state index is -0.292. The van der Waals surface area contributed by atoms with Gasteiger partial charge < -0.3 is 16.4 Å². The normalized spacial score (nSPS) is 20.2. The second kappa shape index (κ2) is 7.22. The average molecular weight is 391 g/mol. The molecule has 1 aliphatic rings. The van der Waals surface area contributed by atoms with E-state index < -0.39 is 0 Å². The van der Waals surface area contributed by atoms with Gasteiger partial charge in [-0.15, -0.1) is 11.3 Å². The van der Waals surface area contributed by atoms with Gasteiger partial charge in [-0.3, -0.25) is 4.79 Å². The highest BCUT2D eigenvalue weighted by Gasteiger charge is 2.22. The number of halogens is 1. The molecule has 3 aromatic heterocycles. The van der Waals surface area contributed by atoms with Crippen molar-refractivity contribution >= 4 is 46.0 Å². The Morgan fingerprint density at radius 1 is 1.35 bits per heavy atom. The summed E-state index contributed by atoms with van der Waals surface area (Å²) in [6.45, 7) is 0. The Morgan fingerprint density at radius 3 is 2.96 bits per heavy atom. The molecule has 1 fully saturated rings. The predicted octanol–water partition coefficient (Wildman–Crippen LogP) is 3.38. The minimum absolute atomic E-state index is 0.121. The monoisotopic (exact) mass is 390 g/mol. The van der Waals surface area contributed by atoms with E-state index >= 15 is 0 Å². The highest BCUT2D eigenvalue weighted by atomic mass is 35.5. The van der Waals surface area contributed by atoms with Crippen molar-refractivity contribution in [1.29, 1.82) is 0 Å². The second-order valence-corrected chi connectivity index (χ2v) is 7.58. The Bertz CT molecular complexity index is 938. The van der Waals surface area contributed by atoms with Gasteiger partial charge in [-0.2, -0.15) is 5.10 Å². The number of hydrogen-bond donors (Lipinski definition) is 3. The number of hydrogen-bond acceptors (Lipinski definition) is 6. The summed E-state index contributed by atoms with van der Waals surface area (Å²) in [7, 11) is 0. The third-order valence-corrected chi connectivity index (χ3v) is 5.81. The van der Waals surface area contributed by atoms with Gasteiger partial charge in [0.2, 0.25) is 0 Å².